The molecule has 0 heterocycles. The van der Waals surface area contributed by atoms with Crippen LogP contribution in [0.4, 0.5) is 15.8 Å². The minimum atomic E-state index is -0.346. The molecule has 3 nitrogen and oxygen atoms in total. The molecule has 0 aliphatic heterocycles. The lowest BCUT2D eigenvalue weighted by molar-refractivity contribution is 0.627. The first-order valence-corrected chi connectivity index (χ1v) is 5.86. The number of nitrogen functional groups attached to an aromatic ring is 1. The summed E-state index contributed by atoms with van der Waals surface area (Å²) in [5.41, 5.74) is 8.46. The quantitative estimate of drug-likeness (QED) is 0.858. The van der Waals surface area contributed by atoms with E-state index in [-0.39, 0.29) is 5.82 Å². The second-order valence-corrected chi connectivity index (χ2v) is 4.33. The summed E-state index contributed by atoms with van der Waals surface area (Å²) in [5.74, 6) is -0.346. The molecule has 0 bridgehead atoms. The summed E-state index contributed by atoms with van der Waals surface area (Å²) in [5, 5.41) is 9.07. The van der Waals surface area contributed by atoms with Crippen molar-refractivity contribution in [3.8, 4) is 6.07 Å². The molecule has 0 aliphatic rings. The van der Waals surface area contributed by atoms with Crippen molar-refractivity contribution in [3.05, 3.63) is 59.4 Å². The van der Waals surface area contributed by atoms with Crippen molar-refractivity contribution in [1.82, 2.24) is 0 Å². The van der Waals surface area contributed by atoms with E-state index < -0.39 is 0 Å². The zero-order valence-corrected chi connectivity index (χ0v) is 10.6. The Labute approximate surface area is 111 Å². The standard InChI is InChI=1S/C15H14FN3/c1-19(15-5-3-2-4-11(15)9-17)10-12-6-7-13(16)8-14(12)18/h2-8H,10,18H2,1H3. The molecule has 0 aromatic heterocycles. The van der Waals surface area contributed by atoms with Crippen LogP contribution in [0.3, 0.4) is 0 Å². The van der Waals surface area contributed by atoms with Crippen LogP contribution in [-0.4, -0.2) is 7.05 Å². The first-order chi connectivity index (χ1) is 9.11. The number of nitrogens with zero attached hydrogens (tertiary/aromatic N) is 2. The van der Waals surface area contributed by atoms with Crippen molar-refractivity contribution in [2.45, 2.75) is 6.54 Å². The van der Waals surface area contributed by atoms with Gasteiger partial charge < -0.3 is 10.6 Å². The zero-order valence-electron chi connectivity index (χ0n) is 10.6. The van der Waals surface area contributed by atoms with Crippen molar-refractivity contribution < 1.29 is 4.39 Å². The summed E-state index contributed by atoms with van der Waals surface area (Å²) in [6.45, 7) is 0.519. The fourth-order valence-corrected chi connectivity index (χ4v) is 1.95. The highest BCUT2D eigenvalue weighted by molar-refractivity contribution is 5.60. The SMILES string of the molecule is CN(Cc1ccc(F)cc1N)c1ccccc1C#N. The largest absolute Gasteiger partial charge is 0.398 e. The third kappa shape index (κ3) is 2.83. The maximum atomic E-state index is 13.0. The van der Waals surface area contributed by atoms with Crippen LogP contribution < -0.4 is 10.6 Å². The molecule has 0 fully saturated rings. The molecule has 19 heavy (non-hydrogen) atoms. The van der Waals surface area contributed by atoms with Crippen molar-refractivity contribution in [2.75, 3.05) is 17.7 Å². The number of nitrogens with two attached hydrogens (primary N) is 1. The van der Waals surface area contributed by atoms with E-state index in [2.05, 4.69) is 6.07 Å². The molecule has 96 valence electrons. The number of para-hydroxylation sites is 1. The molecule has 4 heteroatoms. The highest BCUT2D eigenvalue weighted by atomic mass is 19.1. The fraction of sp³-hybridized carbons (Fsp3) is 0.133. The van der Waals surface area contributed by atoms with Crippen LogP contribution in [-0.2, 0) is 6.54 Å². The number of nitriles is 1. The molecule has 2 rings (SSSR count). The molecule has 0 amide bonds. The summed E-state index contributed by atoms with van der Waals surface area (Å²) >= 11 is 0. The van der Waals surface area contributed by atoms with Crippen LogP contribution in [0.2, 0.25) is 0 Å². The van der Waals surface area contributed by atoms with Gasteiger partial charge in [-0.2, -0.15) is 5.26 Å². The Bertz CT molecular complexity index is 632. The van der Waals surface area contributed by atoms with E-state index in [0.29, 0.717) is 17.8 Å². The van der Waals surface area contributed by atoms with Crippen molar-refractivity contribution in [3.63, 3.8) is 0 Å². The van der Waals surface area contributed by atoms with E-state index in [9.17, 15) is 4.39 Å². The average Bonchev–Trinajstić information content (AvgIpc) is 2.41. The average molecular weight is 255 g/mol. The Morgan fingerprint density at radius 1 is 1.26 bits per heavy atom. The molecule has 0 aliphatic carbocycles. The monoisotopic (exact) mass is 255 g/mol. The van der Waals surface area contributed by atoms with Gasteiger partial charge in [0.15, 0.2) is 0 Å². The topological polar surface area (TPSA) is 53.0 Å². The summed E-state index contributed by atoms with van der Waals surface area (Å²) in [6.07, 6.45) is 0. The Morgan fingerprint density at radius 2 is 2.00 bits per heavy atom. The number of anilines is 2. The second-order valence-electron chi connectivity index (χ2n) is 4.33. The van der Waals surface area contributed by atoms with Gasteiger partial charge in [0.05, 0.1) is 11.3 Å². The smallest absolute Gasteiger partial charge is 0.125 e. The Hall–Kier alpha value is -2.54. The summed E-state index contributed by atoms with van der Waals surface area (Å²) in [6, 6.07) is 13.8. The highest BCUT2D eigenvalue weighted by Gasteiger charge is 2.09. The molecular weight excluding hydrogens is 241 g/mol. The third-order valence-corrected chi connectivity index (χ3v) is 2.95. The van der Waals surface area contributed by atoms with Gasteiger partial charge in [-0.25, -0.2) is 4.39 Å². The molecule has 2 N–H and O–H groups in total. The predicted molar refractivity (Wildman–Crippen MR) is 74.1 cm³/mol. The van der Waals surface area contributed by atoms with Gasteiger partial charge in [0, 0.05) is 19.3 Å². The van der Waals surface area contributed by atoms with Gasteiger partial charge in [-0.15, -0.1) is 0 Å². The second kappa shape index (κ2) is 5.40. The van der Waals surface area contributed by atoms with E-state index in [4.69, 9.17) is 11.0 Å². The van der Waals surface area contributed by atoms with E-state index in [1.807, 2.05) is 30.1 Å². The summed E-state index contributed by atoms with van der Waals surface area (Å²) in [4.78, 5) is 1.92. The minimum absolute atomic E-state index is 0.346. The van der Waals surface area contributed by atoms with Gasteiger partial charge in [0.1, 0.15) is 11.9 Å². The lowest BCUT2D eigenvalue weighted by atomic mass is 10.1. The van der Waals surface area contributed by atoms with Crippen LogP contribution in [0.5, 0.6) is 0 Å². The number of hydrogen-bond donors (Lipinski definition) is 1. The number of halogens is 1. The fourth-order valence-electron chi connectivity index (χ4n) is 1.95. The molecule has 0 radical (unpaired) electrons. The molecule has 0 atom stereocenters. The van der Waals surface area contributed by atoms with Crippen LogP contribution in [0.25, 0.3) is 0 Å². The lowest BCUT2D eigenvalue weighted by Crippen LogP contribution is -2.18. The first kappa shape index (κ1) is 12.9. The van der Waals surface area contributed by atoms with Gasteiger partial charge in [-0.3, -0.25) is 0 Å². The maximum Gasteiger partial charge on any atom is 0.125 e. The third-order valence-electron chi connectivity index (χ3n) is 2.95. The van der Waals surface area contributed by atoms with Gasteiger partial charge >= 0.3 is 0 Å². The summed E-state index contributed by atoms with van der Waals surface area (Å²) in [7, 11) is 1.87. The van der Waals surface area contributed by atoms with E-state index in [0.717, 1.165) is 11.3 Å². The van der Waals surface area contributed by atoms with Crippen molar-refractivity contribution >= 4 is 11.4 Å². The maximum absolute atomic E-state index is 13.0. The molecule has 2 aromatic carbocycles. The normalized spacial score (nSPS) is 9.95. The van der Waals surface area contributed by atoms with Gasteiger partial charge in [-0.1, -0.05) is 18.2 Å². The van der Waals surface area contributed by atoms with Gasteiger partial charge in [0.2, 0.25) is 0 Å². The van der Waals surface area contributed by atoms with Gasteiger partial charge in [-0.05, 0) is 29.8 Å². The molecule has 0 saturated carbocycles. The van der Waals surface area contributed by atoms with E-state index >= 15 is 0 Å². The molecular formula is C15H14FN3. The number of rotatable bonds is 3. The number of benzene rings is 2. The predicted octanol–water partition coefficient (Wildman–Crippen LogP) is 2.92. The number of hydrogen-bond acceptors (Lipinski definition) is 3. The zero-order chi connectivity index (χ0) is 13.8. The van der Waals surface area contributed by atoms with Crippen molar-refractivity contribution in [2.24, 2.45) is 0 Å². The Balaban J connectivity index is 2.26. The van der Waals surface area contributed by atoms with E-state index in [1.165, 1.54) is 12.1 Å². The molecule has 0 saturated heterocycles. The minimum Gasteiger partial charge on any atom is -0.398 e. The first-order valence-electron chi connectivity index (χ1n) is 5.86. The van der Waals surface area contributed by atoms with E-state index in [1.54, 1.807) is 12.1 Å². The Morgan fingerprint density at radius 3 is 2.68 bits per heavy atom. The van der Waals surface area contributed by atoms with Crippen LogP contribution in [0.15, 0.2) is 42.5 Å². The highest BCUT2D eigenvalue weighted by Crippen LogP contribution is 2.22. The molecule has 0 unspecified atom stereocenters. The molecule has 2 aromatic rings. The lowest BCUT2D eigenvalue weighted by Gasteiger charge is -2.21. The van der Waals surface area contributed by atoms with Crippen LogP contribution in [0, 0.1) is 17.1 Å². The van der Waals surface area contributed by atoms with Crippen LogP contribution in [0.1, 0.15) is 11.1 Å². The van der Waals surface area contributed by atoms with Crippen LogP contribution >= 0.6 is 0 Å². The van der Waals surface area contributed by atoms with Crippen molar-refractivity contribution in [1.29, 1.82) is 5.26 Å². The van der Waals surface area contributed by atoms with Gasteiger partial charge in [0.25, 0.3) is 0 Å². The molecule has 0 spiro atoms. The summed E-state index contributed by atoms with van der Waals surface area (Å²) < 4.78 is 13.0. The Kier molecular flexibility index (Phi) is 3.67.